The van der Waals surface area contributed by atoms with Crippen LogP contribution in [0.4, 0.5) is 14.4 Å². The van der Waals surface area contributed by atoms with Crippen LogP contribution >= 0.6 is 0 Å². The van der Waals surface area contributed by atoms with Gasteiger partial charge < -0.3 is 149 Å². The number of carboxylic acids is 1. The highest BCUT2D eigenvalue weighted by atomic mass is 16.7. The molecule has 9 amide bonds. The number of aromatic hydroxyl groups is 1. The van der Waals surface area contributed by atoms with E-state index < -0.39 is 108 Å². The predicted molar refractivity (Wildman–Crippen MR) is 442 cm³/mol. The lowest BCUT2D eigenvalue weighted by atomic mass is 9.85. The Bertz CT molecular complexity index is 3960. The number of pyridine rings is 2. The van der Waals surface area contributed by atoms with Gasteiger partial charge >= 0.3 is 36.2 Å². The normalized spacial score (nSPS) is 15.6. The highest BCUT2D eigenvalue weighted by Crippen LogP contribution is 2.43. The van der Waals surface area contributed by atoms with Crippen LogP contribution in [0.3, 0.4) is 0 Å². The van der Waals surface area contributed by atoms with Crippen LogP contribution in [0.1, 0.15) is 135 Å². The SMILES string of the molecule is CCC(CO)OC(CO)OC.CCC(CO)OC(COC(=O)NCCC(=O)NCCNC(=O)CCOCCOCCNC(=O)CCN1C(=O)C=CC1=O)OC.CCC(CO)OC(COC(=O)NCCC(=O)O)OC.CCc1c2c(nc3ccc(O)cc13)-c1cc3c(c(=O)n1C2)COC(=O)[C@@]3(CC)OC(=O)[C@H](C)NC(=O)CCNC(=O)OCC(OC)OC(CC)CO. The van der Waals surface area contributed by atoms with E-state index in [1.807, 2.05) is 34.6 Å². The average molecular weight is 1800 g/mol. The summed E-state index contributed by atoms with van der Waals surface area (Å²) in [4.78, 5) is 163. The molecular weight excluding hydrogens is 1670 g/mol. The molecule has 710 valence electrons. The lowest BCUT2D eigenvalue weighted by molar-refractivity contribution is -0.190. The number of aliphatic hydroxyl groups is 5. The van der Waals surface area contributed by atoms with E-state index in [0.29, 0.717) is 49.0 Å². The van der Waals surface area contributed by atoms with Gasteiger partial charge in [-0.05, 0) is 75.3 Å². The lowest BCUT2D eigenvalue weighted by Crippen LogP contribution is -2.50. The Hall–Kier alpha value is -10.2. The summed E-state index contributed by atoms with van der Waals surface area (Å²) < 4.78 is 79.5. The second-order valence-electron chi connectivity index (χ2n) is 27.6. The number of alkyl carbamates (subject to hydrolysis) is 3. The van der Waals surface area contributed by atoms with Crippen LogP contribution in [0.25, 0.3) is 22.3 Å². The second-order valence-corrected chi connectivity index (χ2v) is 27.6. The zero-order valence-corrected chi connectivity index (χ0v) is 73.2. The quantitative estimate of drug-likeness (QED) is 0.00903. The maximum Gasteiger partial charge on any atom is 0.407 e. The first-order valence-corrected chi connectivity index (χ1v) is 41.2. The minimum absolute atomic E-state index is 0.00704. The highest BCUT2D eigenvalue weighted by molar-refractivity contribution is 6.13. The number of esters is 2. The number of hydrogen-bond acceptors (Lipinski definition) is 35. The number of aliphatic hydroxyl groups excluding tert-OH is 5. The maximum atomic E-state index is 13.9. The lowest BCUT2D eigenvalue weighted by Gasteiger charge is -2.36. The van der Waals surface area contributed by atoms with E-state index in [4.69, 9.17) is 102 Å². The molecule has 3 aliphatic heterocycles. The van der Waals surface area contributed by atoms with Gasteiger partial charge in [0.25, 0.3) is 17.4 Å². The Labute approximate surface area is 729 Å². The summed E-state index contributed by atoms with van der Waals surface area (Å²) in [6.45, 7) is 12.5. The standard InChI is InChI=1S/C36H44N4O12.C27H45N5O12.C11H21NO7.C7H16O4/c1-6-21(16-41)51-30(48-5)18-50-35(47)37-12-11-29(43)38-19(4)33(45)52-36(8-3)26-14-28-31-24(15-40(28)32(44)25(26)17-49-34(36)46)22(7-2)23-13-20(42)9-10-27(23)39-31;1-3-20(18-33)44-26(40-2)19-43-27(39)31-9-6-21(34)28-10-11-29-23(36)8-14-41-16-17-42-15-12-30-22(35)7-13-32-24(37)4-5-25(32)38;1-3-8(6-13)19-10(17-2)7-18-11(16)12-5-4-9(14)15;1-3-6(4-8)11-7(5-9)10-2/h9-10,13-14,19,21,30,41-42H,6-8,11-12,15-18H2,1-5H3,(H,37,47)(H,38,43);4-5,20,26,33H,3,6-19H2,1-2H3,(H,28,34)(H,29,36)(H,30,35)(H,31,39);8,10,13H,3-7H2,1-2H3,(H,12,16)(H,14,15);6-9H,3-5H2,1-2H3/t19-,21?,30?,36-;;;/m0.../s1. The highest BCUT2D eigenvalue weighted by Gasteiger charge is 2.51. The number of methoxy groups -OCH3 is 4. The average Bonchev–Trinajstić information content (AvgIpc) is 1.51. The second kappa shape index (κ2) is 61.2. The van der Waals surface area contributed by atoms with Crippen molar-refractivity contribution in [3.63, 3.8) is 0 Å². The number of imide groups is 1. The fraction of sp³-hybridized carbons (Fsp3) is 0.654. The van der Waals surface area contributed by atoms with E-state index in [0.717, 1.165) is 21.4 Å². The van der Waals surface area contributed by atoms with Crippen LogP contribution in [-0.2, 0) is 139 Å². The van der Waals surface area contributed by atoms with Crippen LogP contribution in [0.2, 0.25) is 0 Å². The summed E-state index contributed by atoms with van der Waals surface area (Å²) in [5, 5.41) is 81.6. The molecule has 2 aromatic heterocycles. The molecule has 0 radical (unpaired) electrons. The van der Waals surface area contributed by atoms with Crippen molar-refractivity contribution in [3.05, 3.63) is 69.0 Å². The molecule has 8 unspecified atom stereocenters. The van der Waals surface area contributed by atoms with Gasteiger partial charge in [0.15, 0.2) is 25.2 Å². The van der Waals surface area contributed by atoms with Crippen molar-refractivity contribution < 1.29 is 164 Å². The number of hydrogen-bond donors (Lipinski definition) is 14. The maximum absolute atomic E-state index is 13.9. The zero-order chi connectivity index (χ0) is 93.7. The Morgan fingerprint density at radius 1 is 0.532 bits per heavy atom. The number of nitrogens with one attached hydrogen (secondary N) is 7. The molecule has 5 heterocycles. The number of nitrogens with zero attached hydrogens (tertiary/aromatic N) is 3. The molecule has 0 bridgehead atoms. The van der Waals surface area contributed by atoms with E-state index in [9.17, 15) is 72.5 Å². The van der Waals surface area contributed by atoms with Crippen LogP contribution in [0.5, 0.6) is 5.75 Å². The number of benzene rings is 1. The minimum Gasteiger partial charge on any atom is -0.508 e. The molecule has 0 saturated carbocycles. The number of aliphatic carboxylic acids is 1. The number of aryl methyl sites for hydroxylation is 1. The molecular formula is C81H126N10O35. The van der Waals surface area contributed by atoms with E-state index >= 15 is 0 Å². The Kier molecular flexibility index (Phi) is 53.4. The molecule has 3 aliphatic rings. The van der Waals surface area contributed by atoms with Gasteiger partial charge in [-0.2, -0.15) is 0 Å². The molecule has 14 N–H and O–H groups in total. The number of aromatic nitrogens is 2. The van der Waals surface area contributed by atoms with Gasteiger partial charge in [0, 0.05) is 129 Å². The third kappa shape index (κ3) is 38.5. The van der Waals surface area contributed by atoms with Crippen molar-refractivity contribution in [2.24, 2.45) is 0 Å². The number of cyclic esters (lactones) is 1. The monoisotopic (exact) mass is 1800 g/mol. The Morgan fingerprint density at radius 2 is 0.992 bits per heavy atom. The first kappa shape index (κ1) is 110. The van der Waals surface area contributed by atoms with Crippen molar-refractivity contribution in [1.82, 2.24) is 51.7 Å². The van der Waals surface area contributed by atoms with Crippen molar-refractivity contribution in [2.75, 3.05) is 154 Å². The van der Waals surface area contributed by atoms with Crippen molar-refractivity contribution in [2.45, 2.75) is 193 Å². The van der Waals surface area contributed by atoms with Crippen molar-refractivity contribution in [1.29, 1.82) is 0 Å². The summed E-state index contributed by atoms with van der Waals surface area (Å²) in [5.74, 6) is -5.02. The molecule has 126 heavy (non-hydrogen) atoms. The van der Waals surface area contributed by atoms with Gasteiger partial charge in [-0.15, -0.1) is 0 Å². The summed E-state index contributed by atoms with van der Waals surface area (Å²) >= 11 is 0. The molecule has 10 atom stereocenters. The largest absolute Gasteiger partial charge is 0.508 e. The summed E-state index contributed by atoms with van der Waals surface area (Å²) in [7, 11) is 5.59. The number of carbonyl (C=O) groups excluding carboxylic acids is 11. The third-order valence-corrected chi connectivity index (χ3v) is 18.9. The van der Waals surface area contributed by atoms with Crippen LogP contribution < -0.4 is 42.8 Å². The number of phenols is 1. The Balaban J connectivity index is 0.000000496. The van der Waals surface area contributed by atoms with E-state index in [1.54, 1.807) is 29.7 Å². The fourth-order valence-corrected chi connectivity index (χ4v) is 11.6. The first-order valence-electron chi connectivity index (χ1n) is 41.2. The number of ether oxygens (including phenoxy) is 15. The molecule has 1 aromatic carbocycles. The topological polar surface area (TPSA) is 607 Å². The number of amides is 9. The van der Waals surface area contributed by atoms with Crippen LogP contribution in [0.15, 0.2) is 41.2 Å². The van der Waals surface area contributed by atoms with E-state index in [1.165, 1.54) is 53.6 Å². The summed E-state index contributed by atoms with van der Waals surface area (Å²) in [6, 6.07) is 5.33. The summed E-state index contributed by atoms with van der Waals surface area (Å²) in [5.41, 5.74) is 1.38. The minimum atomic E-state index is -1.97. The van der Waals surface area contributed by atoms with Gasteiger partial charge in [0.05, 0.1) is 119 Å². The van der Waals surface area contributed by atoms with Crippen LogP contribution in [-0.4, -0.2) is 331 Å². The third-order valence-electron chi connectivity index (χ3n) is 18.9. The molecule has 45 heteroatoms. The van der Waals surface area contributed by atoms with Gasteiger partial charge in [-0.1, -0.05) is 41.5 Å². The molecule has 3 aromatic rings. The first-order chi connectivity index (χ1) is 60.4. The zero-order valence-electron chi connectivity index (χ0n) is 73.2. The molecule has 0 fully saturated rings. The molecule has 45 nitrogen and oxygen atoms in total. The van der Waals surface area contributed by atoms with Crippen LogP contribution in [0, 0.1) is 0 Å². The molecule has 0 saturated heterocycles. The van der Waals surface area contributed by atoms with E-state index in [-0.39, 0.29) is 224 Å². The number of carboxylic acid groups (broad SMARTS) is 1. The predicted octanol–water partition coefficient (Wildman–Crippen LogP) is -0.0848. The fourth-order valence-electron chi connectivity index (χ4n) is 11.6. The number of carbonyl (C=O) groups is 12. The smallest absolute Gasteiger partial charge is 0.407 e. The van der Waals surface area contributed by atoms with Gasteiger partial charge in [0.1, 0.15) is 38.2 Å². The van der Waals surface area contributed by atoms with Gasteiger partial charge in [-0.3, -0.25) is 43.3 Å². The molecule has 0 aliphatic carbocycles. The summed E-state index contributed by atoms with van der Waals surface area (Å²) in [6.07, 6.45) is -1.94. The number of fused-ring (bicyclic) bond motifs is 5. The van der Waals surface area contributed by atoms with Gasteiger partial charge in [-0.25, -0.2) is 29.0 Å². The molecule has 0 spiro atoms. The van der Waals surface area contributed by atoms with Crippen molar-refractivity contribution >= 4 is 82.5 Å². The number of phenolic OH excluding ortho intramolecular Hbond substituents is 1. The number of rotatable bonds is 56. The molecule has 6 rings (SSSR count). The van der Waals surface area contributed by atoms with Gasteiger partial charge in [0.2, 0.25) is 29.2 Å². The Morgan fingerprint density at radius 3 is 1.45 bits per heavy atom. The van der Waals surface area contributed by atoms with E-state index in [2.05, 4.69) is 37.2 Å². The van der Waals surface area contributed by atoms with Crippen molar-refractivity contribution in [3.8, 4) is 17.1 Å².